The van der Waals surface area contributed by atoms with E-state index in [1.54, 1.807) is 31.2 Å². The molecular formula is C21H14ClNO2S. The number of amides is 2. The Labute approximate surface area is 160 Å². The predicted molar refractivity (Wildman–Crippen MR) is 107 cm³/mol. The fourth-order valence-electron chi connectivity index (χ4n) is 3.06. The number of imide groups is 1. The summed E-state index contributed by atoms with van der Waals surface area (Å²) >= 11 is 7.46. The molecule has 0 spiro atoms. The van der Waals surface area contributed by atoms with Crippen molar-refractivity contribution in [1.82, 2.24) is 4.31 Å². The zero-order chi connectivity index (χ0) is 18.3. The van der Waals surface area contributed by atoms with Crippen LogP contribution in [0.4, 0.5) is 0 Å². The fraction of sp³-hybridized carbons (Fsp3) is 0.0476. The normalized spacial score (nSPS) is 14.6. The Morgan fingerprint density at radius 3 is 2.08 bits per heavy atom. The number of carbonyl (C=O) groups is 2. The third-order valence-electron chi connectivity index (χ3n) is 4.29. The van der Waals surface area contributed by atoms with Gasteiger partial charge in [0.2, 0.25) is 0 Å². The standard InChI is InChI=1S/C21H14ClNO2S/c1-13(22)19(16-12-6-8-14-7-2-3-9-15(14)16)26-23-20(24)17-10-4-5-11-18(17)21(23)25/h2-12H,1H3/b19-13+. The molecule has 128 valence electrons. The van der Waals surface area contributed by atoms with E-state index >= 15 is 0 Å². The van der Waals surface area contributed by atoms with Crippen molar-refractivity contribution in [2.45, 2.75) is 6.92 Å². The quantitative estimate of drug-likeness (QED) is 0.432. The average Bonchev–Trinajstić information content (AvgIpc) is 2.90. The maximum atomic E-state index is 12.7. The third kappa shape index (κ3) is 2.71. The number of fused-ring (bicyclic) bond motifs is 2. The second-order valence-corrected chi connectivity index (χ2v) is 7.45. The molecule has 1 heterocycles. The van der Waals surface area contributed by atoms with E-state index in [4.69, 9.17) is 11.6 Å². The largest absolute Gasteiger partial charge is 0.272 e. The molecule has 26 heavy (non-hydrogen) atoms. The molecular weight excluding hydrogens is 366 g/mol. The van der Waals surface area contributed by atoms with E-state index in [1.165, 1.54) is 4.31 Å². The molecule has 0 aliphatic carbocycles. The highest BCUT2D eigenvalue weighted by Gasteiger charge is 2.37. The van der Waals surface area contributed by atoms with Crippen molar-refractivity contribution < 1.29 is 9.59 Å². The first-order valence-electron chi connectivity index (χ1n) is 8.08. The Balaban J connectivity index is 1.78. The van der Waals surface area contributed by atoms with Gasteiger partial charge in [0, 0.05) is 17.0 Å². The minimum atomic E-state index is -0.314. The summed E-state index contributed by atoms with van der Waals surface area (Å²) in [5.74, 6) is -0.627. The number of allylic oxidation sites excluding steroid dienone is 1. The minimum Gasteiger partial charge on any atom is -0.268 e. The molecule has 0 saturated carbocycles. The van der Waals surface area contributed by atoms with Crippen LogP contribution in [0, 0.1) is 0 Å². The summed E-state index contributed by atoms with van der Waals surface area (Å²) in [5, 5.41) is 2.63. The van der Waals surface area contributed by atoms with Crippen molar-refractivity contribution in [2.75, 3.05) is 0 Å². The lowest BCUT2D eigenvalue weighted by atomic mass is 10.0. The first-order chi connectivity index (χ1) is 12.6. The van der Waals surface area contributed by atoms with E-state index in [0.29, 0.717) is 21.1 Å². The molecule has 2 amide bonds. The van der Waals surface area contributed by atoms with Gasteiger partial charge in [-0.05, 0) is 35.4 Å². The fourth-order valence-corrected chi connectivity index (χ4v) is 4.21. The van der Waals surface area contributed by atoms with E-state index in [0.717, 1.165) is 28.3 Å². The van der Waals surface area contributed by atoms with Gasteiger partial charge in [-0.15, -0.1) is 0 Å². The van der Waals surface area contributed by atoms with Crippen LogP contribution in [0.5, 0.6) is 0 Å². The van der Waals surface area contributed by atoms with Crippen molar-refractivity contribution in [3.8, 4) is 0 Å². The van der Waals surface area contributed by atoms with Gasteiger partial charge in [0.1, 0.15) is 0 Å². The van der Waals surface area contributed by atoms with Gasteiger partial charge >= 0.3 is 0 Å². The molecule has 0 N–H and O–H groups in total. The Morgan fingerprint density at radius 2 is 1.42 bits per heavy atom. The van der Waals surface area contributed by atoms with Crippen molar-refractivity contribution >= 4 is 51.0 Å². The van der Waals surface area contributed by atoms with Crippen molar-refractivity contribution in [1.29, 1.82) is 0 Å². The number of halogens is 1. The molecule has 0 radical (unpaired) electrons. The maximum Gasteiger partial charge on any atom is 0.272 e. The molecule has 0 bridgehead atoms. The number of carbonyl (C=O) groups excluding carboxylic acids is 2. The molecule has 3 aromatic carbocycles. The van der Waals surface area contributed by atoms with Gasteiger partial charge in [-0.3, -0.25) is 9.59 Å². The Kier molecular flexibility index (Phi) is 4.31. The van der Waals surface area contributed by atoms with E-state index in [-0.39, 0.29) is 11.8 Å². The van der Waals surface area contributed by atoms with Gasteiger partial charge < -0.3 is 0 Å². The molecule has 0 atom stereocenters. The Hall–Kier alpha value is -2.56. The SMILES string of the molecule is C/C(Cl)=C(\SN1C(=O)c2ccccc2C1=O)c1cccc2ccccc12. The van der Waals surface area contributed by atoms with Crippen LogP contribution >= 0.6 is 23.5 Å². The summed E-state index contributed by atoms with van der Waals surface area (Å²) in [6.07, 6.45) is 0. The summed E-state index contributed by atoms with van der Waals surface area (Å²) in [6.45, 7) is 1.77. The van der Waals surface area contributed by atoms with Gasteiger partial charge in [-0.2, -0.15) is 0 Å². The van der Waals surface area contributed by atoms with Crippen LogP contribution in [0.1, 0.15) is 33.2 Å². The van der Waals surface area contributed by atoms with Crippen LogP contribution in [0.15, 0.2) is 71.8 Å². The molecule has 5 heteroatoms. The number of hydrogen-bond acceptors (Lipinski definition) is 3. The molecule has 1 aliphatic heterocycles. The number of benzene rings is 3. The van der Waals surface area contributed by atoms with Crippen LogP contribution in [-0.2, 0) is 0 Å². The minimum absolute atomic E-state index is 0.314. The molecule has 0 fully saturated rings. The van der Waals surface area contributed by atoms with Crippen LogP contribution in [0.2, 0.25) is 0 Å². The van der Waals surface area contributed by atoms with Crippen LogP contribution < -0.4 is 0 Å². The summed E-state index contributed by atoms with van der Waals surface area (Å²) < 4.78 is 1.19. The predicted octanol–water partition coefficient (Wildman–Crippen LogP) is 5.71. The van der Waals surface area contributed by atoms with Gasteiger partial charge in [0.05, 0.1) is 16.0 Å². The number of hydrogen-bond donors (Lipinski definition) is 0. The molecule has 1 aliphatic rings. The second kappa shape index (κ2) is 6.63. The highest BCUT2D eigenvalue weighted by Crippen LogP contribution is 2.41. The average molecular weight is 380 g/mol. The molecule has 3 nitrogen and oxygen atoms in total. The molecule has 0 saturated heterocycles. The van der Waals surface area contributed by atoms with Gasteiger partial charge in [-0.25, -0.2) is 4.31 Å². The Bertz CT molecular complexity index is 1050. The summed E-state index contributed by atoms with van der Waals surface area (Å²) in [7, 11) is 0. The molecule has 3 aromatic rings. The van der Waals surface area contributed by atoms with Crippen LogP contribution in [0.25, 0.3) is 15.7 Å². The maximum absolute atomic E-state index is 12.7. The Morgan fingerprint density at radius 1 is 0.846 bits per heavy atom. The van der Waals surface area contributed by atoms with E-state index in [1.807, 2.05) is 42.5 Å². The molecule has 4 rings (SSSR count). The van der Waals surface area contributed by atoms with Gasteiger partial charge in [0.25, 0.3) is 11.8 Å². The summed E-state index contributed by atoms with van der Waals surface area (Å²) in [5.41, 5.74) is 1.75. The van der Waals surface area contributed by atoms with Gasteiger partial charge in [0.15, 0.2) is 0 Å². The molecule has 0 unspecified atom stereocenters. The van der Waals surface area contributed by atoms with Crippen molar-refractivity contribution in [2.24, 2.45) is 0 Å². The van der Waals surface area contributed by atoms with E-state index < -0.39 is 0 Å². The highest BCUT2D eigenvalue weighted by atomic mass is 35.5. The number of rotatable bonds is 3. The van der Waals surface area contributed by atoms with Crippen LogP contribution in [-0.4, -0.2) is 16.1 Å². The summed E-state index contributed by atoms with van der Waals surface area (Å²) in [4.78, 5) is 26.1. The van der Waals surface area contributed by atoms with Crippen molar-refractivity contribution in [3.05, 3.63) is 88.5 Å². The lowest BCUT2D eigenvalue weighted by Crippen LogP contribution is -2.22. The zero-order valence-corrected chi connectivity index (χ0v) is 15.5. The summed E-state index contributed by atoms with van der Waals surface area (Å²) in [6, 6.07) is 20.7. The first-order valence-corrected chi connectivity index (χ1v) is 9.23. The lowest BCUT2D eigenvalue weighted by molar-refractivity contribution is 0.0778. The lowest BCUT2D eigenvalue weighted by Gasteiger charge is -2.17. The highest BCUT2D eigenvalue weighted by molar-refractivity contribution is 8.07. The topological polar surface area (TPSA) is 37.4 Å². The first kappa shape index (κ1) is 16.9. The smallest absolute Gasteiger partial charge is 0.268 e. The number of nitrogens with zero attached hydrogens (tertiary/aromatic N) is 1. The van der Waals surface area contributed by atoms with Crippen LogP contribution in [0.3, 0.4) is 0 Å². The van der Waals surface area contributed by atoms with Gasteiger partial charge in [-0.1, -0.05) is 66.2 Å². The second-order valence-electron chi connectivity index (χ2n) is 5.93. The monoisotopic (exact) mass is 379 g/mol. The molecule has 0 aromatic heterocycles. The van der Waals surface area contributed by atoms with E-state index in [2.05, 4.69) is 0 Å². The zero-order valence-electron chi connectivity index (χ0n) is 13.9. The van der Waals surface area contributed by atoms with Crippen molar-refractivity contribution in [3.63, 3.8) is 0 Å². The van der Waals surface area contributed by atoms with E-state index in [9.17, 15) is 9.59 Å². The third-order valence-corrected chi connectivity index (χ3v) is 5.81.